The van der Waals surface area contributed by atoms with Crippen molar-refractivity contribution in [2.45, 2.75) is 34.6 Å². The molecular weight excluding hydrogens is 342 g/mol. The Labute approximate surface area is 158 Å². The van der Waals surface area contributed by atoms with Gasteiger partial charge >= 0.3 is 6.03 Å². The molecule has 1 saturated heterocycles. The Kier molecular flexibility index (Phi) is 4.74. The molecule has 0 bridgehead atoms. The molecule has 1 aromatic heterocycles. The molecule has 6 nitrogen and oxygen atoms in total. The van der Waals surface area contributed by atoms with E-state index in [1.165, 1.54) is 11.1 Å². The summed E-state index contributed by atoms with van der Waals surface area (Å²) < 4.78 is 2.09. The normalized spacial score (nSPS) is 16.3. The minimum Gasteiger partial charge on any atom is -0.318 e. The fourth-order valence-electron chi connectivity index (χ4n) is 3.33. The lowest BCUT2D eigenvalue weighted by Gasteiger charge is -2.24. The van der Waals surface area contributed by atoms with Gasteiger partial charge in [-0.2, -0.15) is 0 Å². The predicted molar refractivity (Wildman–Crippen MR) is 104 cm³/mol. The van der Waals surface area contributed by atoms with Crippen molar-refractivity contribution < 1.29 is 14.4 Å². The van der Waals surface area contributed by atoms with E-state index in [4.69, 9.17) is 0 Å². The summed E-state index contributed by atoms with van der Waals surface area (Å²) in [6.07, 6.45) is 1.56. The zero-order chi connectivity index (χ0) is 19.9. The molecular formula is C21H23N3O3. The molecule has 1 aliphatic heterocycles. The minimum absolute atomic E-state index is 0.0308. The first kappa shape index (κ1) is 18.6. The van der Waals surface area contributed by atoms with Crippen molar-refractivity contribution in [3.63, 3.8) is 0 Å². The van der Waals surface area contributed by atoms with Gasteiger partial charge in [0.25, 0.3) is 11.8 Å². The van der Waals surface area contributed by atoms with Crippen molar-refractivity contribution >= 4 is 23.9 Å². The predicted octanol–water partition coefficient (Wildman–Crippen LogP) is 3.19. The van der Waals surface area contributed by atoms with Gasteiger partial charge in [-0.15, -0.1) is 0 Å². The van der Waals surface area contributed by atoms with Crippen LogP contribution < -0.4 is 5.32 Å². The first-order valence-corrected chi connectivity index (χ1v) is 8.90. The topological polar surface area (TPSA) is 71.4 Å². The standard InChI is InChI=1S/C21H23N3O3/c1-6-23-20(26)18(19(25)22-21(23)27)11-16-10-14(4)24(15(16)5)17-8-7-12(2)13(3)9-17/h7-11H,6H2,1-5H3,(H,22,25,27)/b18-11+. The van der Waals surface area contributed by atoms with Crippen molar-refractivity contribution in [2.24, 2.45) is 0 Å². The largest absolute Gasteiger partial charge is 0.331 e. The van der Waals surface area contributed by atoms with Crippen LogP contribution in [0.2, 0.25) is 0 Å². The number of amides is 4. The monoisotopic (exact) mass is 365 g/mol. The summed E-state index contributed by atoms with van der Waals surface area (Å²) in [7, 11) is 0. The lowest BCUT2D eigenvalue weighted by atomic mass is 10.1. The number of likely N-dealkylation sites (N-methyl/N-ethyl adjacent to an activating group) is 1. The van der Waals surface area contributed by atoms with E-state index in [2.05, 4.69) is 41.9 Å². The van der Waals surface area contributed by atoms with Gasteiger partial charge in [-0.1, -0.05) is 6.07 Å². The van der Waals surface area contributed by atoms with Crippen LogP contribution in [0.3, 0.4) is 0 Å². The highest BCUT2D eigenvalue weighted by molar-refractivity contribution is 6.31. The Bertz CT molecular complexity index is 998. The molecule has 0 atom stereocenters. The highest BCUT2D eigenvalue weighted by Gasteiger charge is 2.34. The maximum Gasteiger partial charge on any atom is 0.331 e. The molecule has 6 heteroatoms. The molecule has 0 saturated carbocycles. The van der Waals surface area contributed by atoms with E-state index in [0.717, 1.165) is 27.5 Å². The third kappa shape index (κ3) is 3.18. The molecule has 4 amide bonds. The summed E-state index contributed by atoms with van der Waals surface area (Å²) in [5.41, 5.74) is 6.10. The molecule has 0 radical (unpaired) electrons. The van der Waals surface area contributed by atoms with Crippen molar-refractivity contribution in [3.05, 3.63) is 57.9 Å². The second-order valence-corrected chi connectivity index (χ2v) is 6.80. The number of hydrogen-bond donors (Lipinski definition) is 1. The van der Waals surface area contributed by atoms with Crippen molar-refractivity contribution in [3.8, 4) is 5.69 Å². The maximum absolute atomic E-state index is 12.5. The number of rotatable bonds is 3. The van der Waals surface area contributed by atoms with E-state index < -0.39 is 17.8 Å². The number of aromatic nitrogens is 1. The van der Waals surface area contributed by atoms with Crippen LogP contribution >= 0.6 is 0 Å². The van der Waals surface area contributed by atoms with Crippen molar-refractivity contribution in [1.29, 1.82) is 0 Å². The molecule has 2 heterocycles. The number of carbonyl (C=O) groups excluding carboxylic acids is 3. The first-order valence-electron chi connectivity index (χ1n) is 8.90. The summed E-state index contributed by atoms with van der Waals surface area (Å²) in [6.45, 7) is 9.96. The van der Waals surface area contributed by atoms with Gasteiger partial charge in [0.2, 0.25) is 0 Å². The lowest BCUT2D eigenvalue weighted by Crippen LogP contribution is -2.53. The number of carbonyl (C=O) groups is 3. The Morgan fingerprint density at radius 3 is 2.33 bits per heavy atom. The van der Waals surface area contributed by atoms with Crippen molar-refractivity contribution in [1.82, 2.24) is 14.8 Å². The van der Waals surface area contributed by atoms with Crippen LogP contribution in [0, 0.1) is 27.7 Å². The number of nitrogens with one attached hydrogen (secondary N) is 1. The van der Waals surface area contributed by atoms with Gasteiger partial charge in [-0.3, -0.25) is 19.8 Å². The van der Waals surface area contributed by atoms with Crippen LogP contribution in [0.5, 0.6) is 0 Å². The first-order chi connectivity index (χ1) is 12.7. The highest BCUT2D eigenvalue weighted by atomic mass is 16.2. The van der Waals surface area contributed by atoms with E-state index in [1.807, 2.05) is 19.9 Å². The molecule has 1 N–H and O–H groups in total. The molecule has 3 rings (SSSR count). The zero-order valence-electron chi connectivity index (χ0n) is 16.2. The fraction of sp³-hybridized carbons (Fsp3) is 0.286. The maximum atomic E-state index is 12.5. The third-order valence-electron chi connectivity index (χ3n) is 5.02. The van der Waals surface area contributed by atoms with Gasteiger partial charge in [-0.25, -0.2) is 4.79 Å². The Balaban J connectivity index is 2.07. The Hall–Kier alpha value is -3.15. The Morgan fingerprint density at radius 1 is 1.00 bits per heavy atom. The van der Waals surface area contributed by atoms with Gasteiger partial charge in [0.15, 0.2) is 0 Å². The average Bonchev–Trinajstić information content (AvgIpc) is 2.88. The molecule has 0 aliphatic carbocycles. The molecule has 1 aliphatic rings. The number of nitrogens with zero attached hydrogens (tertiary/aromatic N) is 2. The summed E-state index contributed by atoms with van der Waals surface area (Å²) in [5.74, 6) is -1.23. The highest BCUT2D eigenvalue weighted by Crippen LogP contribution is 2.25. The molecule has 1 aromatic carbocycles. The van der Waals surface area contributed by atoms with Gasteiger partial charge in [-0.05, 0) is 75.6 Å². The minimum atomic E-state index is -0.676. The summed E-state index contributed by atoms with van der Waals surface area (Å²) in [5, 5.41) is 2.22. The molecule has 1 fully saturated rings. The SMILES string of the molecule is CCN1C(=O)NC(=O)/C(=C\c2cc(C)n(-c3ccc(C)c(C)c3)c2C)C1=O. The second kappa shape index (κ2) is 6.87. The number of benzene rings is 1. The van der Waals surface area contributed by atoms with Gasteiger partial charge < -0.3 is 4.57 Å². The summed E-state index contributed by atoms with van der Waals surface area (Å²) in [6, 6.07) is 7.50. The number of hydrogen-bond acceptors (Lipinski definition) is 3. The number of aryl methyl sites for hydroxylation is 3. The van der Waals surface area contributed by atoms with Crippen LogP contribution in [0.25, 0.3) is 11.8 Å². The van der Waals surface area contributed by atoms with E-state index in [-0.39, 0.29) is 12.1 Å². The number of urea groups is 1. The molecule has 2 aromatic rings. The summed E-state index contributed by atoms with van der Waals surface area (Å²) >= 11 is 0. The number of barbiturate groups is 1. The Morgan fingerprint density at radius 2 is 1.70 bits per heavy atom. The molecule has 0 spiro atoms. The zero-order valence-corrected chi connectivity index (χ0v) is 16.2. The van der Waals surface area contributed by atoms with E-state index >= 15 is 0 Å². The summed E-state index contributed by atoms with van der Waals surface area (Å²) in [4.78, 5) is 37.5. The smallest absolute Gasteiger partial charge is 0.318 e. The fourth-order valence-corrected chi connectivity index (χ4v) is 3.33. The second-order valence-electron chi connectivity index (χ2n) is 6.80. The van der Waals surface area contributed by atoms with Crippen molar-refractivity contribution in [2.75, 3.05) is 6.54 Å². The lowest BCUT2D eigenvalue weighted by molar-refractivity contribution is -0.129. The van der Waals surface area contributed by atoms with E-state index in [0.29, 0.717) is 0 Å². The van der Waals surface area contributed by atoms with E-state index in [1.54, 1.807) is 13.0 Å². The molecule has 140 valence electrons. The van der Waals surface area contributed by atoms with Crippen LogP contribution in [-0.2, 0) is 9.59 Å². The van der Waals surface area contributed by atoms with Crippen LogP contribution in [0.1, 0.15) is 35.0 Å². The quantitative estimate of drug-likeness (QED) is 0.671. The van der Waals surface area contributed by atoms with E-state index in [9.17, 15) is 14.4 Å². The van der Waals surface area contributed by atoms with Crippen LogP contribution in [0.4, 0.5) is 4.79 Å². The van der Waals surface area contributed by atoms with Crippen LogP contribution in [-0.4, -0.2) is 33.9 Å². The van der Waals surface area contributed by atoms with Gasteiger partial charge in [0.05, 0.1) is 0 Å². The number of imide groups is 2. The molecule has 27 heavy (non-hydrogen) atoms. The van der Waals surface area contributed by atoms with Gasteiger partial charge in [0, 0.05) is 23.6 Å². The van der Waals surface area contributed by atoms with Gasteiger partial charge in [0.1, 0.15) is 5.57 Å². The average molecular weight is 365 g/mol. The van der Waals surface area contributed by atoms with Crippen LogP contribution in [0.15, 0.2) is 29.8 Å². The third-order valence-corrected chi connectivity index (χ3v) is 5.02. The molecule has 0 unspecified atom stereocenters.